The summed E-state index contributed by atoms with van der Waals surface area (Å²) in [5.74, 6) is -0.234. The van der Waals surface area contributed by atoms with Gasteiger partial charge in [0.1, 0.15) is 5.82 Å². The quantitative estimate of drug-likeness (QED) is 0.603. The number of thiophene rings is 1. The Morgan fingerprint density at radius 3 is 3.00 bits per heavy atom. The van der Waals surface area contributed by atoms with Gasteiger partial charge in [-0.25, -0.2) is 4.39 Å². The number of benzene rings is 1. The summed E-state index contributed by atoms with van der Waals surface area (Å²) in [5, 5.41) is 3.04. The fourth-order valence-corrected chi connectivity index (χ4v) is 2.36. The molecule has 0 aliphatic carbocycles. The molecule has 1 heterocycles. The van der Waals surface area contributed by atoms with Crippen LogP contribution in [-0.2, 0) is 0 Å². The van der Waals surface area contributed by atoms with Crippen LogP contribution in [0.2, 0.25) is 5.02 Å². The summed E-state index contributed by atoms with van der Waals surface area (Å²) in [6.45, 7) is 1.90. The van der Waals surface area contributed by atoms with Crippen LogP contribution in [0, 0.1) is 12.7 Å². The highest BCUT2D eigenvalue weighted by Gasteiger charge is 2.07. The molecule has 0 unspecified atom stereocenters. The van der Waals surface area contributed by atoms with E-state index in [2.05, 4.69) is 0 Å². The van der Waals surface area contributed by atoms with Crippen LogP contribution in [-0.4, -0.2) is 0 Å². The number of hydrogen-bond donors (Lipinski definition) is 0. The van der Waals surface area contributed by atoms with Crippen LogP contribution in [0.15, 0.2) is 17.5 Å². The first-order valence-corrected chi connectivity index (χ1v) is 4.77. The van der Waals surface area contributed by atoms with Gasteiger partial charge in [-0.05, 0) is 30.0 Å². The highest BCUT2D eigenvalue weighted by Crippen LogP contribution is 2.31. The molecular weight excluding hydrogens is 195 g/mol. The summed E-state index contributed by atoms with van der Waals surface area (Å²) in [4.78, 5) is 0. The molecule has 2 rings (SSSR count). The van der Waals surface area contributed by atoms with Gasteiger partial charge in [-0.1, -0.05) is 11.6 Å². The lowest BCUT2D eigenvalue weighted by Crippen LogP contribution is -1.80. The third-order valence-corrected chi connectivity index (χ3v) is 3.30. The molecule has 0 bridgehead atoms. The van der Waals surface area contributed by atoms with Crippen molar-refractivity contribution in [1.82, 2.24) is 0 Å². The van der Waals surface area contributed by atoms with Gasteiger partial charge in [0.05, 0.1) is 0 Å². The first-order valence-electron chi connectivity index (χ1n) is 3.52. The molecule has 3 heteroatoms. The van der Waals surface area contributed by atoms with E-state index in [1.807, 2.05) is 12.3 Å². The highest BCUT2D eigenvalue weighted by atomic mass is 35.5. The van der Waals surface area contributed by atoms with Gasteiger partial charge in [-0.3, -0.25) is 0 Å². The molecule has 0 N–H and O–H groups in total. The molecule has 0 spiro atoms. The van der Waals surface area contributed by atoms with Crippen molar-refractivity contribution in [3.05, 3.63) is 33.9 Å². The van der Waals surface area contributed by atoms with Crippen molar-refractivity contribution in [3.8, 4) is 0 Å². The van der Waals surface area contributed by atoms with E-state index in [0.717, 1.165) is 10.3 Å². The van der Waals surface area contributed by atoms with E-state index in [0.29, 0.717) is 10.4 Å². The second kappa shape index (κ2) is 2.71. The van der Waals surface area contributed by atoms with Crippen LogP contribution in [0.4, 0.5) is 4.39 Å². The first kappa shape index (κ1) is 8.02. The molecule has 12 heavy (non-hydrogen) atoms. The van der Waals surface area contributed by atoms with Crippen molar-refractivity contribution in [2.75, 3.05) is 0 Å². The van der Waals surface area contributed by atoms with Gasteiger partial charge in [0.15, 0.2) is 0 Å². The summed E-state index contributed by atoms with van der Waals surface area (Å²) >= 11 is 7.33. The Morgan fingerprint density at radius 2 is 2.25 bits per heavy atom. The molecule has 1 aromatic carbocycles. The normalized spacial score (nSPS) is 10.9. The molecule has 0 nitrogen and oxygen atoms in total. The zero-order valence-electron chi connectivity index (χ0n) is 6.40. The minimum absolute atomic E-state index is 0.234. The van der Waals surface area contributed by atoms with Crippen molar-refractivity contribution in [3.63, 3.8) is 0 Å². The molecule has 1 aromatic heterocycles. The van der Waals surface area contributed by atoms with Gasteiger partial charge < -0.3 is 0 Å². The monoisotopic (exact) mass is 200 g/mol. The molecule has 62 valence electrons. The fraction of sp³-hybridized carbons (Fsp3) is 0.111. The van der Waals surface area contributed by atoms with E-state index in [1.54, 1.807) is 6.07 Å². The summed E-state index contributed by atoms with van der Waals surface area (Å²) in [7, 11) is 0. The maximum atomic E-state index is 13.2. The standard InChI is InChI=1S/C9H6ClFS/c1-5-7(10)4-8(11)6-2-3-12-9(5)6/h2-4H,1H3. The molecule has 0 saturated carbocycles. The second-order valence-electron chi connectivity index (χ2n) is 2.63. The Kier molecular flexibility index (Phi) is 1.81. The molecule has 0 aliphatic rings. The molecule has 0 radical (unpaired) electrons. The van der Waals surface area contributed by atoms with Crippen LogP contribution in [0.1, 0.15) is 5.56 Å². The van der Waals surface area contributed by atoms with E-state index in [1.165, 1.54) is 17.4 Å². The van der Waals surface area contributed by atoms with Crippen LogP contribution < -0.4 is 0 Å². The summed E-state index contributed by atoms with van der Waals surface area (Å²) in [5.41, 5.74) is 0.961. The lowest BCUT2D eigenvalue weighted by atomic mass is 10.2. The Labute approximate surface area is 78.6 Å². The average Bonchev–Trinajstić information content (AvgIpc) is 2.48. The molecule has 0 saturated heterocycles. The van der Waals surface area contributed by atoms with Gasteiger partial charge in [0, 0.05) is 15.1 Å². The Balaban J connectivity index is 2.97. The third-order valence-electron chi connectivity index (χ3n) is 1.87. The third kappa shape index (κ3) is 1.03. The van der Waals surface area contributed by atoms with E-state index in [9.17, 15) is 4.39 Å². The van der Waals surface area contributed by atoms with E-state index in [-0.39, 0.29) is 5.82 Å². The topological polar surface area (TPSA) is 0 Å². The minimum atomic E-state index is -0.234. The zero-order valence-corrected chi connectivity index (χ0v) is 7.97. The largest absolute Gasteiger partial charge is 0.206 e. The smallest absolute Gasteiger partial charge is 0.133 e. The van der Waals surface area contributed by atoms with Crippen LogP contribution in [0.3, 0.4) is 0 Å². The molecular formula is C9H6ClFS. The Morgan fingerprint density at radius 1 is 1.50 bits per heavy atom. The van der Waals surface area contributed by atoms with Crippen molar-refractivity contribution >= 4 is 33.0 Å². The summed E-state index contributed by atoms with van der Waals surface area (Å²) < 4.78 is 14.1. The lowest BCUT2D eigenvalue weighted by molar-refractivity contribution is 0.640. The van der Waals surface area contributed by atoms with Gasteiger partial charge in [0.2, 0.25) is 0 Å². The Bertz CT molecular complexity index is 433. The predicted molar refractivity (Wildman–Crippen MR) is 51.5 cm³/mol. The Hall–Kier alpha value is -0.600. The van der Waals surface area contributed by atoms with Crippen molar-refractivity contribution in [2.24, 2.45) is 0 Å². The fourth-order valence-electron chi connectivity index (χ4n) is 1.19. The van der Waals surface area contributed by atoms with Gasteiger partial charge >= 0.3 is 0 Å². The van der Waals surface area contributed by atoms with Crippen molar-refractivity contribution < 1.29 is 4.39 Å². The minimum Gasteiger partial charge on any atom is -0.206 e. The van der Waals surface area contributed by atoms with E-state index >= 15 is 0 Å². The molecule has 2 aromatic rings. The first-order chi connectivity index (χ1) is 5.70. The van der Waals surface area contributed by atoms with E-state index < -0.39 is 0 Å². The van der Waals surface area contributed by atoms with Crippen LogP contribution in [0.25, 0.3) is 10.1 Å². The molecule has 0 fully saturated rings. The SMILES string of the molecule is Cc1c(Cl)cc(F)c2ccsc12. The lowest BCUT2D eigenvalue weighted by Gasteiger charge is -1.99. The number of fused-ring (bicyclic) bond motifs is 1. The number of hydrogen-bond acceptors (Lipinski definition) is 1. The number of halogens is 2. The van der Waals surface area contributed by atoms with Crippen LogP contribution >= 0.6 is 22.9 Å². The van der Waals surface area contributed by atoms with Crippen LogP contribution in [0.5, 0.6) is 0 Å². The van der Waals surface area contributed by atoms with Gasteiger partial charge in [0.25, 0.3) is 0 Å². The second-order valence-corrected chi connectivity index (χ2v) is 3.95. The average molecular weight is 201 g/mol. The molecule has 0 amide bonds. The maximum Gasteiger partial charge on any atom is 0.133 e. The number of aryl methyl sites for hydroxylation is 1. The molecule has 0 aliphatic heterocycles. The summed E-state index contributed by atoms with van der Waals surface area (Å²) in [6, 6.07) is 3.14. The van der Waals surface area contributed by atoms with E-state index in [4.69, 9.17) is 11.6 Å². The van der Waals surface area contributed by atoms with Gasteiger partial charge in [-0.2, -0.15) is 0 Å². The van der Waals surface area contributed by atoms with Crippen molar-refractivity contribution in [2.45, 2.75) is 6.92 Å². The highest BCUT2D eigenvalue weighted by molar-refractivity contribution is 7.17. The number of rotatable bonds is 0. The van der Waals surface area contributed by atoms with Gasteiger partial charge in [-0.15, -0.1) is 11.3 Å². The molecule has 0 atom stereocenters. The maximum absolute atomic E-state index is 13.2. The van der Waals surface area contributed by atoms with Crippen molar-refractivity contribution in [1.29, 1.82) is 0 Å². The predicted octanol–water partition coefficient (Wildman–Crippen LogP) is 4.00. The zero-order chi connectivity index (χ0) is 8.72. The summed E-state index contributed by atoms with van der Waals surface area (Å²) in [6.07, 6.45) is 0.